The SMILES string of the molecule is Cc1ccccc1[C@@H](C)NC(=O)CSCc1nc2ccsc2c(=O)[nH]1. The zero-order valence-electron chi connectivity index (χ0n) is 14.0. The van der Waals surface area contributed by atoms with Crippen molar-refractivity contribution in [3.8, 4) is 0 Å². The van der Waals surface area contributed by atoms with Crippen LogP contribution in [0.3, 0.4) is 0 Å². The highest BCUT2D eigenvalue weighted by Gasteiger charge is 2.12. The Hall–Kier alpha value is -2.12. The number of fused-ring (bicyclic) bond motifs is 1. The number of hydrogen-bond donors (Lipinski definition) is 2. The summed E-state index contributed by atoms with van der Waals surface area (Å²) in [4.78, 5) is 31.3. The maximum absolute atomic E-state index is 12.1. The van der Waals surface area contributed by atoms with E-state index >= 15 is 0 Å². The van der Waals surface area contributed by atoms with Gasteiger partial charge in [-0.25, -0.2) is 4.98 Å². The van der Waals surface area contributed by atoms with Crippen molar-refractivity contribution in [1.29, 1.82) is 0 Å². The first-order valence-corrected chi connectivity index (χ1v) is 9.97. The lowest BCUT2D eigenvalue weighted by Gasteiger charge is -2.16. The highest BCUT2D eigenvalue weighted by Crippen LogP contribution is 2.18. The molecule has 1 atom stereocenters. The second kappa shape index (κ2) is 7.84. The third kappa shape index (κ3) is 4.29. The summed E-state index contributed by atoms with van der Waals surface area (Å²) in [6, 6.07) is 9.83. The van der Waals surface area contributed by atoms with Crippen molar-refractivity contribution in [2.45, 2.75) is 25.6 Å². The molecule has 1 amide bonds. The number of thioether (sulfide) groups is 1. The summed E-state index contributed by atoms with van der Waals surface area (Å²) in [5.74, 6) is 1.38. The van der Waals surface area contributed by atoms with E-state index < -0.39 is 0 Å². The lowest BCUT2D eigenvalue weighted by atomic mass is 10.0. The molecular weight excluding hydrogens is 354 g/mol. The summed E-state index contributed by atoms with van der Waals surface area (Å²) in [7, 11) is 0. The number of H-pyrrole nitrogens is 1. The summed E-state index contributed by atoms with van der Waals surface area (Å²) in [5.41, 5.74) is 2.87. The molecule has 0 bridgehead atoms. The standard InChI is InChI=1S/C18H19N3O2S2/c1-11-5-3-4-6-13(11)12(2)19-16(22)10-24-9-15-20-14-7-8-25-17(14)18(23)21-15/h3-8,12H,9-10H2,1-2H3,(H,19,22)(H,20,21,23)/t12-/m1/s1. The minimum Gasteiger partial charge on any atom is -0.349 e. The van der Waals surface area contributed by atoms with Crippen LogP contribution in [-0.4, -0.2) is 21.6 Å². The molecule has 0 fully saturated rings. The number of hydrogen-bond acceptors (Lipinski definition) is 5. The van der Waals surface area contributed by atoms with E-state index in [-0.39, 0.29) is 17.5 Å². The summed E-state index contributed by atoms with van der Waals surface area (Å²) in [6.07, 6.45) is 0. The number of aromatic amines is 1. The Morgan fingerprint density at radius 2 is 2.16 bits per heavy atom. The quantitative estimate of drug-likeness (QED) is 0.694. The molecule has 0 unspecified atom stereocenters. The molecule has 5 nitrogen and oxygen atoms in total. The van der Waals surface area contributed by atoms with E-state index in [1.165, 1.54) is 23.1 Å². The summed E-state index contributed by atoms with van der Waals surface area (Å²) < 4.78 is 0.638. The van der Waals surface area contributed by atoms with Crippen LogP contribution in [-0.2, 0) is 10.5 Å². The number of carbonyl (C=O) groups excluding carboxylic acids is 1. The van der Waals surface area contributed by atoms with Crippen molar-refractivity contribution in [2.24, 2.45) is 0 Å². The molecule has 0 aliphatic heterocycles. The van der Waals surface area contributed by atoms with Gasteiger partial charge in [0.15, 0.2) is 0 Å². The number of benzene rings is 1. The summed E-state index contributed by atoms with van der Waals surface area (Å²) in [5, 5.41) is 4.86. The average Bonchev–Trinajstić information content (AvgIpc) is 3.04. The normalized spacial score (nSPS) is 12.2. The monoisotopic (exact) mass is 373 g/mol. The van der Waals surface area contributed by atoms with Crippen molar-refractivity contribution in [3.63, 3.8) is 0 Å². The molecule has 0 radical (unpaired) electrons. The number of nitrogens with zero attached hydrogens (tertiary/aromatic N) is 1. The van der Waals surface area contributed by atoms with E-state index in [4.69, 9.17) is 0 Å². The molecule has 0 aliphatic rings. The van der Waals surface area contributed by atoms with Crippen LogP contribution in [0.25, 0.3) is 10.2 Å². The smallest absolute Gasteiger partial charge is 0.268 e. The largest absolute Gasteiger partial charge is 0.349 e. The highest BCUT2D eigenvalue weighted by atomic mass is 32.2. The van der Waals surface area contributed by atoms with Gasteiger partial charge in [-0.15, -0.1) is 23.1 Å². The van der Waals surface area contributed by atoms with Gasteiger partial charge in [-0.2, -0.15) is 0 Å². The Balaban J connectivity index is 1.53. The van der Waals surface area contributed by atoms with E-state index in [0.717, 1.165) is 11.1 Å². The van der Waals surface area contributed by atoms with Crippen LogP contribution >= 0.6 is 23.1 Å². The topological polar surface area (TPSA) is 74.8 Å². The first-order valence-electron chi connectivity index (χ1n) is 7.93. The van der Waals surface area contributed by atoms with E-state index in [0.29, 0.717) is 27.5 Å². The number of carbonyl (C=O) groups is 1. The third-order valence-electron chi connectivity index (χ3n) is 3.87. The van der Waals surface area contributed by atoms with Crippen molar-refractivity contribution in [1.82, 2.24) is 15.3 Å². The average molecular weight is 374 g/mol. The van der Waals surface area contributed by atoms with Crippen LogP contribution in [0.5, 0.6) is 0 Å². The first kappa shape index (κ1) is 17.7. The highest BCUT2D eigenvalue weighted by molar-refractivity contribution is 7.99. The first-order chi connectivity index (χ1) is 12.0. The molecular formula is C18H19N3O2S2. The zero-order chi connectivity index (χ0) is 17.8. The Morgan fingerprint density at radius 3 is 2.96 bits per heavy atom. The van der Waals surface area contributed by atoms with Gasteiger partial charge < -0.3 is 10.3 Å². The number of amides is 1. The number of aryl methyl sites for hydroxylation is 1. The minimum atomic E-state index is -0.117. The molecule has 0 aliphatic carbocycles. The second-order valence-corrected chi connectivity index (χ2v) is 7.69. The zero-order valence-corrected chi connectivity index (χ0v) is 15.7. The van der Waals surface area contributed by atoms with Gasteiger partial charge in [0.25, 0.3) is 5.56 Å². The Morgan fingerprint density at radius 1 is 1.36 bits per heavy atom. The molecule has 2 heterocycles. The maximum Gasteiger partial charge on any atom is 0.268 e. The van der Waals surface area contributed by atoms with Crippen LogP contribution in [0.15, 0.2) is 40.5 Å². The van der Waals surface area contributed by atoms with Crippen molar-refractivity contribution in [3.05, 3.63) is 63.0 Å². The molecule has 2 N–H and O–H groups in total. The van der Waals surface area contributed by atoms with Gasteiger partial charge in [0.1, 0.15) is 10.5 Å². The van der Waals surface area contributed by atoms with Crippen LogP contribution in [0, 0.1) is 6.92 Å². The van der Waals surface area contributed by atoms with Crippen molar-refractivity contribution >= 4 is 39.2 Å². The van der Waals surface area contributed by atoms with Gasteiger partial charge >= 0.3 is 0 Å². The summed E-state index contributed by atoms with van der Waals surface area (Å²) >= 11 is 2.81. The molecule has 0 saturated carbocycles. The van der Waals surface area contributed by atoms with Gasteiger partial charge in [-0.1, -0.05) is 24.3 Å². The fourth-order valence-corrected chi connectivity index (χ4v) is 4.09. The molecule has 0 saturated heterocycles. The molecule has 3 aromatic rings. The third-order valence-corrected chi connectivity index (χ3v) is 5.71. The van der Waals surface area contributed by atoms with Gasteiger partial charge in [0, 0.05) is 0 Å². The van der Waals surface area contributed by atoms with Gasteiger partial charge in [-0.3, -0.25) is 9.59 Å². The van der Waals surface area contributed by atoms with Gasteiger partial charge in [0.2, 0.25) is 5.91 Å². The predicted molar refractivity (Wildman–Crippen MR) is 104 cm³/mol. The minimum absolute atomic E-state index is 0.0280. The summed E-state index contributed by atoms with van der Waals surface area (Å²) in [6.45, 7) is 4.02. The van der Waals surface area contributed by atoms with E-state index in [1.54, 1.807) is 0 Å². The molecule has 2 aromatic heterocycles. The molecule has 0 spiro atoms. The van der Waals surface area contributed by atoms with E-state index in [9.17, 15) is 9.59 Å². The Bertz CT molecular complexity index is 949. The van der Waals surface area contributed by atoms with Crippen LogP contribution in [0.1, 0.15) is 29.9 Å². The number of rotatable bonds is 6. The Labute approximate surface area is 153 Å². The Kier molecular flexibility index (Phi) is 5.55. The maximum atomic E-state index is 12.1. The van der Waals surface area contributed by atoms with Crippen LogP contribution in [0.4, 0.5) is 0 Å². The lowest BCUT2D eigenvalue weighted by molar-refractivity contribution is -0.119. The lowest BCUT2D eigenvalue weighted by Crippen LogP contribution is -2.28. The predicted octanol–water partition coefficient (Wildman–Crippen LogP) is 3.40. The molecule has 7 heteroatoms. The van der Waals surface area contributed by atoms with E-state index in [2.05, 4.69) is 15.3 Å². The van der Waals surface area contributed by atoms with Crippen molar-refractivity contribution < 1.29 is 4.79 Å². The molecule has 25 heavy (non-hydrogen) atoms. The number of thiophene rings is 1. The fraction of sp³-hybridized carbons (Fsp3) is 0.278. The molecule has 1 aromatic carbocycles. The van der Waals surface area contributed by atoms with E-state index in [1.807, 2.05) is 49.6 Å². The molecule has 3 rings (SSSR count). The van der Waals surface area contributed by atoms with Crippen LogP contribution in [0.2, 0.25) is 0 Å². The number of aromatic nitrogens is 2. The van der Waals surface area contributed by atoms with Crippen molar-refractivity contribution in [2.75, 3.05) is 5.75 Å². The van der Waals surface area contributed by atoms with Crippen LogP contribution < -0.4 is 10.9 Å². The fourth-order valence-electron chi connectivity index (χ4n) is 2.66. The van der Waals surface area contributed by atoms with Gasteiger partial charge in [0.05, 0.1) is 23.1 Å². The number of nitrogens with one attached hydrogen (secondary N) is 2. The molecule has 130 valence electrons. The second-order valence-electron chi connectivity index (χ2n) is 5.79. The van der Waals surface area contributed by atoms with Gasteiger partial charge in [-0.05, 0) is 36.4 Å².